The van der Waals surface area contributed by atoms with Crippen molar-refractivity contribution in [3.8, 4) is 11.1 Å². The molecule has 1 aromatic carbocycles. The molecule has 1 aliphatic carbocycles. The number of benzene rings is 1. The predicted octanol–water partition coefficient (Wildman–Crippen LogP) is 3.56. The van der Waals surface area contributed by atoms with Crippen LogP contribution in [0.25, 0.3) is 22.2 Å². The molecule has 29 heavy (non-hydrogen) atoms. The van der Waals surface area contributed by atoms with Gasteiger partial charge in [0, 0.05) is 36.1 Å². The number of fused-ring (bicyclic) bond motifs is 2. The van der Waals surface area contributed by atoms with Crippen LogP contribution in [-0.2, 0) is 6.42 Å². The first-order valence-electron chi connectivity index (χ1n) is 9.97. The molecule has 1 saturated carbocycles. The molecule has 0 amide bonds. The first-order valence-corrected chi connectivity index (χ1v) is 9.97. The molecule has 3 aromatic heterocycles. The van der Waals surface area contributed by atoms with Crippen molar-refractivity contribution in [1.29, 1.82) is 0 Å². The maximum atomic E-state index is 13.7. The molecule has 142 valence electrons. The fourth-order valence-electron chi connectivity index (χ4n) is 4.32. The Morgan fingerprint density at radius 1 is 1.03 bits per heavy atom. The van der Waals surface area contributed by atoms with Crippen molar-refractivity contribution in [3.05, 3.63) is 82.8 Å². The van der Waals surface area contributed by atoms with Gasteiger partial charge >= 0.3 is 0 Å². The van der Waals surface area contributed by atoms with Crippen LogP contribution in [-0.4, -0.2) is 26.2 Å². The van der Waals surface area contributed by atoms with E-state index in [-0.39, 0.29) is 5.56 Å². The van der Waals surface area contributed by atoms with Crippen LogP contribution in [0.4, 0.5) is 5.69 Å². The summed E-state index contributed by atoms with van der Waals surface area (Å²) in [6.45, 7) is 0.797. The number of nitrogens with zero attached hydrogens (tertiary/aromatic N) is 5. The summed E-state index contributed by atoms with van der Waals surface area (Å²) in [4.78, 5) is 26.5. The lowest BCUT2D eigenvalue weighted by Crippen LogP contribution is -2.38. The zero-order chi connectivity index (χ0) is 19.4. The molecular weight excluding hydrogens is 362 g/mol. The first-order chi connectivity index (χ1) is 14.3. The Bertz CT molecular complexity index is 1310. The number of hydrogen-bond acceptors (Lipinski definition) is 5. The minimum Gasteiger partial charge on any atom is -0.278 e. The van der Waals surface area contributed by atoms with Crippen molar-refractivity contribution in [3.63, 3.8) is 0 Å². The van der Waals surface area contributed by atoms with E-state index in [9.17, 15) is 4.79 Å². The van der Waals surface area contributed by atoms with E-state index in [1.54, 1.807) is 17.1 Å². The summed E-state index contributed by atoms with van der Waals surface area (Å²) < 4.78 is 1.76. The highest BCUT2D eigenvalue weighted by Gasteiger charge is 2.30. The van der Waals surface area contributed by atoms with Gasteiger partial charge in [0.1, 0.15) is 6.33 Å². The van der Waals surface area contributed by atoms with E-state index >= 15 is 0 Å². The van der Waals surface area contributed by atoms with Gasteiger partial charge in [-0.25, -0.2) is 19.6 Å². The van der Waals surface area contributed by atoms with Gasteiger partial charge in [-0.1, -0.05) is 18.2 Å². The largest absolute Gasteiger partial charge is 0.278 e. The average Bonchev–Trinajstić information content (AvgIpc) is 3.52. The molecule has 0 atom stereocenters. The van der Waals surface area contributed by atoms with Crippen LogP contribution in [0.5, 0.6) is 0 Å². The Balaban J connectivity index is 1.55. The van der Waals surface area contributed by atoms with Crippen molar-refractivity contribution >= 4 is 16.7 Å². The van der Waals surface area contributed by atoms with Crippen LogP contribution in [0.2, 0.25) is 0 Å². The highest BCUT2D eigenvalue weighted by atomic mass is 16.1. The maximum absolute atomic E-state index is 13.7. The topological polar surface area (TPSA) is 63.9 Å². The number of hydrogen-bond donors (Lipinski definition) is 0. The SMILES string of the molecule is O=c1c(-c2cnc3ncncc3c2)c(C2CC2)ccn1N1CCc2ccccc21. The van der Waals surface area contributed by atoms with E-state index in [0.717, 1.165) is 53.6 Å². The molecular formula is C23H19N5O. The molecule has 4 aromatic rings. The van der Waals surface area contributed by atoms with Crippen LogP contribution in [0.15, 0.2) is 66.1 Å². The zero-order valence-electron chi connectivity index (χ0n) is 15.8. The summed E-state index contributed by atoms with van der Waals surface area (Å²) in [6, 6.07) is 12.4. The van der Waals surface area contributed by atoms with E-state index < -0.39 is 0 Å². The third-order valence-corrected chi connectivity index (χ3v) is 5.89. The molecule has 6 heteroatoms. The molecule has 0 bridgehead atoms. The smallest absolute Gasteiger partial charge is 0.277 e. The highest BCUT2D eigenvalue weighted by Crippen LogP contribution is 2.43. The van der Waals surface area contributed by atoms with Gasteiger partial charge < -0.3 is 0 Å². The molecule has 0 saturated heterocycles. The summed E-state index contributed by atoms with van der Waals surface area (Å²) in [6.07, 6.45) is 10.1. The Hall–Kier alpha value is -3.54. The minimum absolute atomic E-state index is 0.00380. The summed E-state index contributed by atoms with van der Waals surface area (Å²) in [5.74, 6) is 0.459. The van der Waals surface area contributed by atoms with Crippen molar-refractivity contribution < 1.29 is 0 Å². The van der Waals surface area contributed by atoms with Gasteiger partial charge in [-0.15, -0.1) is 0 Å². The molecule has 0 spiro atoms. The van der Waals surface area contributed by atoms with Crippen LogP contribution >= 0.6 is 0 Å². The minimum atomic E-state index is 0.00380. The number of para-hydroxylation sites is 1. The van der Waals surface area contributed by atoms with Crippen LogP contribution < -0.4 is 10.6 Å². The first kappa shape index (κ1) is 16.4. The third-order valence-electron chi connectivity index (χ3n) is 5.89. The molecule has 6 nitrogen and oxygen atoms in total. The molecule has 0 N–H and O–H groups in total. The van der Waals surface area contributed by atoms with E-state index in [4.69, 9.17) is 0 Å². The second-order valence-electron chi connectivity index (χ2n) is 7.73. The average molecular weight is 381 g/mol. The normalized spacial score (nSPS) is 15.7. The van der Waals surface area contributed by atoms with Crippen molar-refractivity contribution in [2.75, 3.05) is 11.6 Å². The Kier molecular flexibility index (Phi) is 3.53. The van der Waals surface area contributed by atoms with Crippen molar-refractivity contribution in [1.82, 2.24) is 19.6 Å². The number of pyridine rings is 2. The maximum Gasteiger partial charge on any atom is 0.277 e. The Labute approximate surface area is 167 Å². The van der Waals surface area contributed by atoms with Gasteiger partial charge in [0.05, 0.1) is 11.3 Å². The lowest BCUT2D eigenvalue weighted by Gasteiger charge is -2.23. The van der Waals surface area contributed by atoms with Crippen molar-refractivity contribution in [2.45, 2.75) is 25.2 Å². The lowest BCUT2D eigenvalue weighted by atomic mass is 9.99. The summed E-state index contributed by atoms with van der Waals surface area (Å²) in [7, 11) is 0. The van der Waals surface area contributed by atoms with Crippen LogP contribution in [0.3, 0.4) is 0 Å². The molecule has 0 unspecified atom stereocenters. The van der Waals surface area contributed by atoms with Crippen molar-refractivity contribution in [2.24, 2.45) is 0 Å². The molecule has 1 aliphatic heterocycles. The molecule has 1 fully saturated rings. The third kappa shape index (κ3) is 2.63. The number of aromatic nitrogens is 4. The Morgan fingerprint density at radius 3 is 2.83 bits per heavy atom. The molecule has 0 radical (unpaired) electrons. The summed E-state index contributed by atoms with van der Waals surface area (Å²) >= 11 is 0. The zero-order valence-corrected chi connectivity index (χ0v) is 15.8. The van der Waals surface area contributed by atoms with E-state index in [1.807, 2.05) is 18.3 Å². The summed E-state index contributed by atoms with van der Waals surface area (Å²) in [5.41, 5.74) is 5.72. The molecule has 2 aliphatic rings. The molecule has 4 heterocycles. The van der Waals surface area contributed by atoms with Gasteiger partial charge in [-0.3, -0.25) is 9.80 Å². The second kappa shape index (κ2) is 6.24. The second-order valence-corrected chi connectivity index (χ2v) is 7.73. The Morgan fingerprint density at radius 2 is 1.93 bits per heavy atom. The number of rotatable bonds is 3. The van der Waals surface area contributed by atoms with Crippen LogP contribution in [0.1, 0.15) is 29.9 Å². The van der Waals surface area contributed by atoms with Gasteiger partial charge in [0.15, 0.2) is 5.65 Å². The quantitative estimate of drug-likeness (QED) is 0.543. The summed E-state index contributed by atoms with van der Waals surface area (Å²) in [5, 5.41) is 2.92. The fourth-order valence-corrected chi connectivity index (χ4v) is 4.32. The van der Waals surface area contributed by atoms with Gasteiger partial charge in [-0.2, -0.15) is 0 Å². The predicted molar refractivity (Wildman–Crippen MR) is 112 cm³/mol. The monoisotopic (exact) mass is 381 g/mol. The van der Waals surface area contributed by atoms with Gasteiger partial charge in [-0.05, 0) is 54.5 Å². The van der Waals surface area contributed by atoms with E-state index in [2.05, 4.69) is 44.2 Å². The number of anilines is 1. The standard InChI is InChI=1S/C23H19N5O/c29-23-21(17-11-18-12-24-14-26-22(18)25-13-17)19(15-5-6-15)8-10-28(23)27-9-7-16-3-1-2-4-20(16)27/h1-4,8,10-15H,5-7,9H2. The molecule has 6 rings (SSSR count). The van der Waals surface area contributed by atoms with Gasteiger partial charge in [0.25, 0.3) is 5.56 Å². The van der Waals surface area contributed by atoms with Crippen LogP contribution in [0, 0.1) is 0 Å². The van der Waals surface area contributed by atoms with Gasteiger partial charge in [0.2, 0.25) is 0 Å². The van der Waals surface area contributed by atoms with E-state index in [0.29, 0.717) is 11.6 Å². The highest BCUT2D eigenvalue weighted by molar-refractivity contribution is 5.81. The van der Waals surface area contributed by atoms with E-state index in [1.165, 1.54) is 11.9 Å². The lowest BCUT2D eigenvalue weighted by molar-refractivity contribution is 0.691. The fraction of sp³-hybridized carbons (Fsp3) is 0.217.